The average Bonchev–Trinajstić information content (AvgIpc) is 3.14. The standard InChI is InChI=1S/C21H20FN5O2/c1-13-11-26(9-8-25(13)2)18-6-5-14-10-15(21(28)29-20(14)24-18)17-12-27-7-3-4-16(22)19(27)23-17/h3-7,10,12-13H,8-9,11H2,1-2H3. The van der Waals surface area contributed by atoms with E-state index < -0.39 is 11.4 Å². The van der Waals surface area contributed by atoms with Gasteiger partial charge in [0.1, 0.15) is 5.82 Å². The third-order valence-corrected chi connectivity index (χ3v) is 5.58. The van der Waals surface area contributed by atoms with Gasteiger partial charge in [0, 0.05) is 43.5 Å². The van der Waals surface area contributed by atoms with E-state index in [4.69, 9.17) is 4.42 Å². The van der Waals surface area contributed by atoms with E-state index in [9.17, 15) is 9.18 Å². The van der Waals surface area contributed by atoms with Gasteiger partial charge in [-0.25, -0.2) is 14.2 Å². The fourth-order valence-corrected chi connectivity index (χ4v) is 3.71. The Kier molecular flexibility index (Phi) is 4.09. The van der Waals surface area contributed by atoms with Crippen molar-refractivity contribution in [3.05, 3.63) is 59.0 Å². The van der Waals surface area contributed by atoms with Crippen LogP contribution in [0.1, 0.15) is 6.92 Å². The molecular formula is C21H20FN5O2. The van der Waals surface area contributed by atoms with Crippen molar-refractivity contribution in [2.24, 2.45) is 0 Å². The number of anilines is 1. The molecule has 1 saturated heterocycles. The van der Waals surface area contributed by atoms with Gasteiger partial charge in [-0.1, -0.05) is 0 Å². The summed E-state index contributed by atoms with van der Waals surface area (Å²) in [5.74, 6) is 0.347. The topological polar surface area (TPSA) is 66.9 Å². The number of imidazole rings is 1. The monoisotopic (exact) mass is 393 g/mol. The first-order valence-electron chi connectivity index (χ1n) is 9.53. The second kappa shape index (κ2) is 6.66. The number of hydrogen-bond donors (Lipinski definition) is 0. The molecular weight excluding hydrogens is 373 g/mol. The highest BCUT2D eigenvalue weighted by atomic mass is 19.1. The van der Waals surface area contributed by atoms with Gasteiger partial charge in [0.15, 0.2) is 11.5 Å². The highest BCUT2D eigenvalue weighted by Crippen LogP contribution is 2.24. The lowest BCUT2D eigenvalue weighted by Crippen LogP contribution is -2.50. The first-order valence-corrected chi connectivity index (χ1v) is 9.53. The van der Waals surface area contributed by atoms with E-state index in [1.165, 1.54) is 6.07 Å². The molecule has 1 aliphatic heterocycles. The van der Waals surface area contributed by atoms with E-state index in [0.717, 1.165) is 25.5 Å². The molecule has 0 N–H and O–H groups in total. The summed E-state index contributed by atoms with van der Waals surface area (Å²) in [6, 6.07) is 8.87. The van der Waals surface area contributed by atoms with Crippen LogP contribution in [0.25, 0.3) is 28.0 Å². The first kappa shape index (κ1) is 17.8. The van der Waals surface area contributed by atoms with Crippen molar-refractivity contribution in [2.45, 2.75) is 13.0 Å². The number of aromatic nitrogens is 3. The van der Waals surface area contributed by atoms with Crippen LogP contribution in [0.4, 0.5) is 10.2 Å². The van der Waals surface area contributed by atoms with Crippen molar-refractivity contribution in [1.82, 2.24) is 19.3 Å². The molecule has 0 aliphatic carbocycles. The quantitative estimate of drug-likeness (QED) is 0.522. The normalized spacial score (nSPS) is 18.0. The molecule has 4 aromatic heterocycles. The van der Waals surface area contributed by atoms with Crippen molar-refractivity contribution >= 4 is 22.6 Å². The van der Waals surface area contributed by atoms with Gasteiger partial charge >= 0.3 is 5.63 Å². The summed E-state index contributed by atoms with van der Waals surface area (Å²) in [5, 5.41) is 0.697. The zero-order valence-corrected chi connectivity index (χ0v) is 16.2. The Hall–Kier alpha value is -3.26. The number of hydrogen-bond acceptors (Lipinski definition) is 6. The molecule has 0 amide bonds. The third-order valence-electron chi connectivity index (χ3n) is 5.58. The highest BCUT2D eigenvalue weighted by molar-refractivity contribution is 5.80. The summed E-state index contributed by atoms with van der Waals surface area (Å²) < 4.78 is 21.0. The second-order valence-electron chi connectivity index (χ2n) is 7.50. The Morgan fingerprint density at radius 1 is 1.21 bits per heavy atom. The van der Waals surface area contributed by atoms with Crippen LogP contribution in [0.3, 0.4) is 0 Å². The summed E-state index contributed by atoms with van der Waals surface area (Å²) in [4.78, 5) is 25.9. The molecule has 5 rings (SSSR count). The molecule has 0 radical (unpaired) electrons. The van der Waals surface area contributed by atoms with E-state index in [2.05, 4.69) is 33.7 Å². The molecule has 1 fully saturated rings. The van der Waals surface area contributed by atoms with Gasteiger partial charge in [-0.2, -0.15) is 4.98 Å². The van der Waals surface area contributed by atoms with Gasteiger partial charge in [0.25, 0.3) is 0 Å². The summed E-state index contributed by atoms with van der Waals surface area (Å²) in [7, 11) is 2.11. The van der Waals surface area contributed by atoms with Gasteiger partial charge in [0.05, 0.1) is 11.3 Å². The van der Waals surface area contributed by atoms with Crippen molar-refractivity contribution < 1.29 is 8.81 Å². The van der Waals surface area contributed by atoms with E-state index in [-0.39, 0.29) is 16.9 Å². The van der Waals surface area contributed by atoms with E-state index in [1.54, 1.807) is 28.9 Å². The Balaban J connectivity index is 1.55. The minimum Gasteiger partial charge on any atom is -0.403 e. The number of fused-ring (bicyclic) bond motifs is 2. The minimum absolute atomic E-state index is 0.166. The number of likely N-dealkylation sites (N-methyl/N-ethyl adjacent to an activating group) is 1. The van der Waals surface area contributed by atoms with Gasteiger partial charge in [-0.15, -0.1) is 0 Å². The molecule has 1 aliphatic rings. The average molecular weight is 393 g/mol. The molecule has 0 bridgehead atoms. The molecule has 148 valence electrons. The molecule has 0 aromatic carbocycles. The van der Waals surface area contributed by atoms with Crippen LogP contribution in [-0.4, -0.2) is 52.0 Å². The predicted molar refractivity (Wildman–Crippen MR) is 109 cm³/mol. The highest BCUT2D eigenvalue weighted by Gasteiger charge is 2.22. The number of rotatable bonds is 2. The van der Waals surface area contributed by atoms with Gasteiger partial charge in [0.2, 0.25) is 5.71 Å². The summed E-state index contributed by atoms with van der Waals surface area (Å²) in [6.07, 6.45) is 3.30. The third kappa shape index (κ3) is 3.05. The first-order chi connectivity index (χ1) is 14.0. The lowest BCUT2D eigenvalue weighted by Gasteiger charge is -2.38. The minimum atomic E-state index is -0.544. The predicted octanol–water partition coefficient (Wildman–Crippen LogP) is 2.78. The number of halogens is 1. The largest absolute Gasteiger partial charge is 0.403 e. The van der Waals surface area contributed by atoms with Crippen LogP contribution in [0.15, 0.2) is 51.9 Å². The zero-order chi connectivity index (χ0) is 20.1. The summed E-state index contributed by atoms with van der Waals surface area (Å²) in [5.41, 5.74) is 0.557. The van der Waals surface area contributed by atoms with E-state index in [1.807, 2.05) is 12.1 Å². The maximum absolute atomic E-state index is 13.9. The SMILES string of the molecule is CC1CN(c2ccc3cc(-c4cn5cccc(F)c5n4)c(=O)oc3n2)CCN1C. The molecule has 1 atom stereocenters. The Labute approximate surface area is 166 Å². The molecule has 7 nitrogen and oxygen atoms in total. The van der Waals surface area contributed by atoms with Gasteiger partial charge < -0.3 is 18.6 Å². The van der Waals surface area contributed by atoms with Crippen LogP contribution >= 0.6 is 0 Å². The summed E-state index contributed by atoms with van der Waals surface area (Å²) in [6.45, 7) is 4.87. The molecule has 8 heteroatoms. The van der Waals surface area contributed by atoms with Crippen LogP contribution in [0.5, 0.6) is 0 Å². The summed E-state index contributed by atoms with van der Waals surface area (Å²) >= 11 is 0. The van der Waals surface area contributed by atoms with Crippen LogP contribution in [-0.2, 0) is 0 Å². The maximum Gasteiger partial charge on any atom is 0.347 e. The number of pyridine rings is 2. The number of nitrogens with zero attached hydrogens (tertiary/aromatic N) is 5. The molecule has 29 heavy (non-hydrogen) atoms. The molecule has 4 aromatic rings. The smallest absolute Gasteiger partial charge is 0.347 e. The lowest BCUT2D eigenvalue weighted by molar-refractivity contribution is 0.233. The van der Waals surface area contributed by atoms with Crippen molar-refractivity contribution in [1.29, 1.82) is 0 Å². The molecule has 1 unspecified atom stereocenters. The van der Waals surface area contributed by atoms with Crippen LogP contribution in [0.2, 0.25) is 0 Å². The second-order valence-corrected chi connectivity index (χ2v) is 7.50. The van der Waals surface area contributed by atoms with Gasteiger partial charge in [-0.05, 0) is 44.3 Å². The van der Waals surface area contributed by atoms with E-state index in [0.29, 0.717) is 17.1 Å². The van der Waals surface area contributed by atoms with Gasteiger partial charge in [-0.3, -0.25) is 0 Å². The molecule has 5 heterocycles. The fraction of sp³-hybridized carbons (Fsp3) is 0.286. The van der Waals surface area contributed by atoms with Crippen LogP contribution in [0, 0.1) is 5.82 Å². The Morgan fingerprint density at radius 2 is 2.07 bits per heavy atom. The van der Waals surface area contributed by atoms with Crippen molar-refractivity contribution in [2.75, 3.05) is 31.6 Å². The number of piperazine rings is 1. The molecule has 0 saturated carbocycles. The zero-order valence-electron chi connectivity index (χ0n) is 16.2. The maximum atomic E-state index is 13.9. The Bertz CT molecular complexity index is 1280. The van der Waals surface area contributed by atoms with E-state index >= 15 is 0 Å². The lowest BCUT2D eigenvalue weighted by atomic mass is 10.1. The Morgan fingerprint density at radius 3 is 2.86 bits per heavy atom. The molecule has 0 spiro atoms. The fourth-order valence-electron chi connectivity index (χ4n) is 3.71. The van der Waals surface area contributed by atoms with Crippen molar-refractivity contribution in [3.8, 4) is 11.3 Å². The van der Waals surface area contributed by atoms with Crippen molar-refractivity contribution in [3.63, 3.8) is 0 Å². The van der Waals surface area contributed by atoms with Crippen LogP contribution < -0.4 is 10.5 Å².